The van der Waals surface area contributed by atoms with Gasteiger partial charge < -0.3 is 15.0 Å². The lowest BCUT2D eigenvalue weighted by Crippen LogP contribution is -2.47. The number of halogens is 4. The summed E-state index contributed by atoms with van der Waals surface area (Å²) in [6, 6.07) is 16.8. The van der Waals surface area contributed by atoms with Crippen molar-refractivity contribution in [2.45, 2.75) is 10.4 Å². The van der Waals surface area contributed by atoms with Gasteiger partial charge in [0.05, 0.1) is 0 Å². The fourth-order valence-corrected chi connectivity index (χ4v) is 4.61. The van der Waals surface area contributed by atoms with Gasteiger partial charge in [-0.3, -0.25) is 4.90 Å². The van der Waals surface area contributed by atoms with E-state index >= 15 is 0 Å². The third-order valence-electron chi connectivity index (χ3n) is 5.54. The van der Waals surface area contributed by atoms with Gasteiger partial charge in [0.15, 0.2) is 0 Å². The number of piperazine rings is 1. The van der Waals surface area contributed by atoms with Crippen LogP contribution in [0.15, 0.2) is 71.8 Å². The number of carbonyl (C=O) groups is 1. The summed E-state index contributed by atoms with van der Waals surface area (Å²) in [6.07, 6.45) is 1.49. The number of esters is 1. The summed E-state index contributed by atoms with van der Waals surface area (Å²) in [5.41, 5.74) is -2.71. The Labute approximate surface area is 216 Å². The zero-order chi connectivity index (χ0) is 25.5. The Bertz CT molecular complexity index is 1190. The van der Waals surface area contributed by atoms with Gasteiger partial charge in [-0.25, -0.2) is 9.78 Å². The number of carbonyl (C=O) groups excluding carboxylic acids is 1. The van der Waals surface area contributed by atoms with E-state index in [1.807, 2.05) is 24.3 Å². The van der Waals surface area contributed by atoms with Gasteiger partial charge in [0.25, 0.3) is 0 Å². The van der Waals surface area contributed by atoms with Gasteiger partial charge in [-0.2, -0.15) is 13.2 Å². The zero-order valence-corrected chi connectivity index (χ0v) is 20.7. The molecule has 0 saturated carbocycles. The van der Waals surface area contributed by atoms with E-state index in [2.05, 4.69) is 20.1 Å². The molecule has 1 aliphatic heterocycles. The smallest absolute Gasteiger partial charge is 0.446 e. The minimum atomic E-state index is -4.39. The molecule has 4 rings (SSSR count). The Morgan fingerprint density at radius 3 is 2.58 bits per heavy atom. The highest BCUT2D eigenvalue weighted by Crippen LogP contribution is 2.38. The molecular formula is C25H24ClF3N4O2S. The molecule has 1 aromatic heterocycles. The van der Waals surface area contributed by atoms with Gasteiger partial charge in [-0.1, -0.05) is 23.7 Å². The van der Waals surface area contributed by atoms with Crippen molar-refractivity contribution in [2.75, 3.05) is 49.5 Å². The molecule has 190 valence electrons. The minimum absolute atomic E-state index is 0.0306. The highest BCUT2D eigenvalue weighted by molar-refractivity contribution is 8.00. The molecule has 0 bridgehead atoms. The molecule has 2 heterocycles. The Morgan fingerprint density at radius 2 is 1.83 bits per heavy atom. The fraction of sp³-hybridized carbons (Fsp3) is 0.280. The molecule has 0 unspecified atom stereocenters. The average Bonchev–Trinajstić information content (AvgIpc) is 2.84. The van der Waals surface area contributed by atoms with E-state index < -0.39 is 11.5 Å². The third kappa shape index (κ3) is 7.52. The number of aromatic nitrogens is 1. The molecule has 1 saturated heterocycles. The standard InChI is InChI=1S/C25H24ClF3N4O2S/c26-18-4-1-6-20(16-18)33-12-10-32(11-13-33)14-15-35-24(34)22-8-3-9-30-23(22)31-19-5-2-7-21(17-19)36-25(27,28)29/h1-9,16-17H,10-15H2,(H,30,31). The Hall–Kier alpha value is -2.95. The van der Waals surface area contributed by atoms with Crippen molar-refractivity contribution in [2.24, 2.45) is 0 Å². The van der Waals surface area contributed by atoms with Crippen LogP contribution in [0.2, 0.25) is 5.02 Å². The number of hydrogen-bond donors (Lipinski definition) is 1. The van der Waals surface area contributed by atoms with E-state index in [-0.39, 0.29) is 34.6 Å². The maximum atomic E-state index is 12.7. The van der Waals surface area contributed by atoms with Gasteiger partial charge >= 0.3 is 11.5 Å². The second-order valence-corrected chi connectivity index (χ2v) is 9.62. The summed E-state index contributed by atoms with van der Waals surface area (Å²) in [5.74, 6) is -0.337. The van der Waals surface area contributed by atoms with Crippen molar-refractivity contribution in [1.29, 1.82) is 0 Å². The van der Waals surface area contributed by atoms with Crippen molar-refractivity contribution in [3.05, 3.63) is 77.4 Å². The molecule has 0 atom stereocenters. The topological polar surface area (TPSA) is 57.7 Å². The molecule has 1 fully saturated rings. The Morgan fingerprint density at radius 1 is 1.06 bits per heavy atom. The van der Waals surface area contributed by atoms with Crippen LogP contribution in [0.1, 0.15) is 10.4 Å². The van der Waals surface area contributed by atoms with Crippen molar-refractivity contribution in [3.8, 4) is 0 Å². The number of hydrogen-bond acceptors (Lipinski definition) is 7. The van der Waals surface area contributed by atoms with Crippen LogP contribution in [-0.4, -0.2) is 60.7 Å². The summed E-state index contributed by atoms with van der Waals surface area (Å²) in [6.45, 7) is 4.15. The second kappa shape index (κ2) is 11.9. The average molecular weight is 537 g/mol. The summed E-state index contributed by atoms with van der Waals surface area (Å²) >= 11 is 5.89. The van der Waals surface area contributed by atoms with Crippen molar-refractivity contribution in [3.63, 3.8) is 0 Å². The quantitative estimate of drug-likeness (QED) is 0.277. The number of pyridine rings is 1. The maximum absolute atomic E-state index is 12.7. The van der Waals surface area contributed by atoms with Gasteiger partial charge in [-0.05, 0) is 60.3 Å². The van der Waals surface area contributed by atoms with Crippen LogP contribution in [-0.2, 0) is 4.74 Å². The molecule has 3 aromatic rings. The summed E-state index contributed by atoms with van der Waals surface area (Å²) in [4.78, 5) is 21.4. The molecule has 0 spiro atoms. The van der Waals surface area contributed by atoms with Crippen LogP contribution in [0.3, 0.4) is 0 Å². The molecular weight excluding hydrogens is 513 g/mol. The first-order valence-electron chi connectivity index (χ1n) is 11.2. The van der Waals surface area contributed by atoms with Gasteiger partial charge in [0.2, 0.25) is 0 Å². The molecule has 0 aliphatic carbocycles. The van der Waals surface area contributed by atoms with Crippen LogP contribution in [0.25, 0.3) is 0 Å². The Kier molecular flexibility index (Phi) is 8.60. The fourth-order valence-electron chi connectivity index (χ4n) is 3.83. The first-order valence-corrected chi connectivity index (χ1v) is 12.4. The summed E-state index contributed by atoms with van der Waals surface area (Å²) < 4.78 is 43.6. The van der Waals surface area contributed by atoms with E-state index in [0.29, 0.717) is 17.3 Å². The lowest BCUT2D eigenvalue weighted by Gasteiger charge is -2.36. The number of nitrogens with one attached hydrogen (secondary N) is 1. The van der Waals surface area contributed by atoms with E-state index in [0.717, 1.165) is 31.9 Å². The Balaban J connectivity index is 1.29. The number of nitrogens with zero attached hydrogens (tertiary/aromatic N) is 3. The van der Waals surface area contributed by atoms with Gasteiger partial charge in [-0.15, -0.1) is 0 Å². The SMILES string of the molecule is O=C(OCCN1CCN(c2cccc(Cl)c2)CC1)c1cccnc1Nc1cccc(SC(F)(F)F)c1. The third-order valence-corrected chi connectivity index (χ3v) is 6.50. The minimum Gasteiger partial charge on any atom is -0.461 e. The van der Waals surface area contributed by atoms with Crippen molar-refractivity contribution in [1.82, 2.24) is 9.88 Å². The predicted molar refractivity (Wildman–Crippen MR) is 136 cm³/mol. The van der Waals surface area contributed by atoms with E-state index in [1.165, 1.54) is 24.4 Å². The summed E-state index contributed by atoms with van der Waals surface area (Å²) in [7, 11) is 0. The number of benzene rings is 2. The molecule has 11 heteroatoms. The molecule has 2 aromatic carbocycles. The van der Waals surface area contributed by atoms with E-state index in [4.69, 9.17) is 16.3 Å². The predicted octanol–water partition coefficient (Wildman–Crippen LogP) is 6.07. The first kappa shape index (κ1) is 26.1. The van der Waals surface area contributed by atoms with E-state index in [9.17, 15) is 18.0 Å². The molecule has 1 N–H and O–H groups in total. The van der Waals surface area contributed by atoms with E-state index in [1.54, 1.807) is 18.2 Å². The zero-order valence-electron chi connectivity index (χ0n) is 19.2. The van der Waals surface area contributed by atoms with Crippen LogP contribution in [0, 0.1) is 0 Å². The number of thioether (sulfide) groups is 1. The number of alkyl halides is 3. The lowest BCUT2D eigenvalue weighted by atomic mass is 10.2. The second-order valence-electron chi connectivity index (χ2n) is 8.04. The van der Waals surface area contributed by atoms with Crippen LogP contribution in [0.5, 0.6) is 0 Å². The lowest BCUT2D eigenvalue weighted by molar-refractivity contribution is -0.0328. The van der Waals surface area contributed by atoms with Crippen LogP contribution in [0.4, 0.5) is 30.4 Å². The normalized spacial score (nSPS) is 14.5. The van der Waals surface area contributed by atoms with Gasteiger partial charge in [0.1, 0.15) is 18.0 Å². The van der Waals surface area contributed by atoms with Crippen molar-refractivity contribution < 1.29 is 22.7 Å². The summed E-state index contributed by atoms with van der Waals surface area (Å²) in [5, 5.41) is 3.63. The number of ether oxygens (including phenoxy) is 1. The maximum Gasteiger partial charge on any atom is 0.446 e. The largest absolute Gasteiger partial charge is 0.461 e. The van der Waals surface area contributed by atoms with Crippen LogP contribution >= 0.6 is 23.4 Å². The highest BCUT2D eigenvalue weighted by Gasteiger charge is 2.29. The van der Waals surface area contributed by atoms with Crippen LogP contribution < -0.4 is 10.2 Å². The molecule has 0 radical (unpaired) electrons. The molecule has 0 amide bonds. The van der Waals surface area contributed by atoms with Gasteiger partial charge in [0, 0.05) is 60.2 Å². The molecule has 1 aliphatic rings. The van der Waals surface area contributed by atoms with Crippen molar-refractivity contribution >= 4 is 46.5 Å². The highest BCUT2D eigenvalue weighted by atomic mass is 35.5. The molecule has 36 heavy (non-hydrogen) atoms. The first-order chi connectivity index (χ1) is 17.3. The number of anilines is 3. The monoisotopic (exact) mass is 536 g/mol. The molecule has 6 nitrogen and oxygen atoms in total. The number of rotatable bonds is 8.